The van der Waals surface area contributed by atoms with Gasteiger partial charge in [-0.2, -0.15) is 0 Å². The molecule has 176 valence electrons. The fourth-order valence-electron chi connectivity index (χ4n) is 4.69. The van der Waals surface area contributed by atoms with E-state index >= 15 is 0 Å². The smallest absolute Gasteiger partial charge is 0.222 e. The first kappa shape index (κ1) is 23.4. The van der Waals surface area contributed by atoms with Gasteiger partial charge < -0.3 is 19.1 Å². The minimum Gasteiger partial charge on any atom is -0.497 e. The monoisotopic (exact) mass is 471 g/mol. The molecule has 1 amide bonds. The second-order valence-electron chi connectivity index (χ2n) is 8.90. The molecule has 2 aromatic rings. The van der Waals surface area contributed by atoms with E-state index in [2.05, 4.69) is 0 Å². The van der Waals surface area contributed by atoms with Gasteiger partial charge in [-0.1, -0.05) is 11.6 Å². The van der Waals surface area contributed by atoms with Crippen LogP contribution < -0.4 is 14.2 Å². The summed E-state index contributed by atoms with van der Waals surface area (Å²) in [5.74, 6) is 2.35. The molecule has 7 heteroatoms. The van der Waals surface area contributed by atoms with E-state index in [4.69, 9.17) is 25.8 Å². The molecule has 0 aliphatic carbocycles. The van der Waals surface area contributed by atoms with Gasteiger partial charge in [0.2, 0.25) is 5.91 Å². The van der Waals surface area contributed by atoms with Gasteiger partial charge in [-0.3, -0.25) is 9.59 Å². The number of benzene rings is 2. The van der Waals surface area contributed by atoms with Crippen LogP contribution in [0, 0.1) is 13.8 Å². The Hall–Kier alpha value is -2.73. The summed E-state index contributed by atoms with van der Waals surface area (Å²) in [6.45, 7) is 5.45. The Balaban J connectivity index is 1.28. The van der Waals surface area contributed by atoms with Gasteiger partial charge in [0.1, 0.15) is 22.8 Å². The largest absolute Gasteiger partial charge is 0.497 e. The van der Waals surface area contributed by atoms with E-state index in [0.29, 0.717) is 68.1 Å². The molecular weight excluding hydrogens is 442 g/mol. The predicted octanol–water partition coefficient (Wildman–Crippen LogP) is 5.15. The molecule has 2 aliphatic heterocycles. The maximum Gasteiger partial charge on any atom is 0.222 e. The fraction of sp³-hybridized carbons (Fsp3) is 0.462. The van der Waals surface area contributed by atoms with Crippen molar-refractivity contribution < 1.29 is 23.8 Å². The summed E-state index contributed by atoms with van der Waals surface area (Å²) < 4.78 is 17.2. The molecule has 0 aromatic heterocycles. The molecule has 1 fully saturated rings. The Labute approximate surface area is 199 Å². The third-order valence-corrected chi connectivity index (χ3v) is 7.20. The minimum atomic E-state index is -0.537. The molecular formula is C26H30ClNO5. The van der Waals surface area contributed by atoms with E-state index in [9.17, 15) is 9.59 Å². The number of Topliss-reactive ketones (excluding diaryl/α,β-unsaturated/α-hetero) is 1. The van der Waals surface area contributed by atoms with Crippen molar-refractivity contribution in [1.82, 2.24) is 4.90 Å². The van der Waals surface area contributed by atoms with Gasteiger partial charge in [0.15, 0.2) is 5.78 Å². The lowest BCUT2D eigenvalue weighted by atomic mass is 9.81. The lowest BCUT2D eigenvalue weighted by molar-refractivity contribution is -0.135. The molecule has 33 heavy (non-hydrogen) atoms. The van der Waals surface area contributed by atoms with E-state index in [1.807, 2.05) is 49.1 Å². The van der Waals surface area contributed by atoms with Gasteiger partial charge in [0.05, 0.1) is 25.7 Å². The summed E-state index contributed by atoms with van der Waals surface area (Å²) in [6.07, 6.45) is 2.70. The number of nitrogens with zero attached hydrogens (tertiary/aromatic N) is 1. The molecule has 4 rings (SSSR count). The van der Waals surface area contributed by atoms with Crippen molar-refractivity contribution in [1.29, 1.82) is 0 Å². The number of rotatable bonds is 6. The summed E-state index contributed by atoms with van der Waals surface area (Å²) >= 11 is 6.34. The lowest BCUT2D eigenvalue weighted by Crippen LogP contribution is -2.52. The summed E-state index contributed by atoms with van der Waals surface area (Å²) in [5.41, 5.74) is 1.76. The molecule has 0 radical (unpaired) electrons. The van der Waals surface area contributed by atoms with Crippen LogP contribution >= 0.6 is 11.6 Å². The van der Waals surface area contributed by atoms with Crippen molar-refractivity contribution in [2.45, 2.75) is 51.6 Å². The highest BCUT2D eigenvalue weighted by Crippen LogP contribution is 2.43. The molecule has 0 saturated carbocycles. The number of amides is 1. The topological polar surface area (TPSA) is 65.1 Å². The average molecular weight is 472 g/mol. The van der Waals surface area contributed by atoms with Crippen molar-refractivity contribution in [3.05, 3.63) is 52.0 Å². The Morgan fingerprint density at radius 3 is 2.48 bits per heavy atom. The van der Waals surface area contributed by atoms with Gasteiger partial charge in [0, 0.05) is 37.4 Å². The maximum atomic E-state index is 12.9. The van der Waals surface area contributed by atoms with Crippen LogP contribution in [0.3, 0.4) is 0 Å². The van der Waals surface area contributed by atoms with E-state index in [1.165, 1.54) is 0 Å². The van der Waals surface area contributed by atoms with E-state index in [1.54, 1.807) is 7.11 Å². The summed E-state index contributed by atoms with van der Waals surface area (Å²) in [7, 11) is 1.62. The Morgan fingerprint density at radius 2 is 1.82 bits per heavy atom. The molecule has 2 aromatic carbocycles. The number of ketones is 1. The number of likely N-dealkylation sites (tertiary alicyclic amines) is 1. The zero-order valence-electron chi connectivity index (χ0n) is 19.4. The normalized spacial score (nSPS) is 16.8. The predicted molar refractivity (Wildman–Crippen MR) is 127 cm³/mol. The standard InChI is InChI=1S/C26H30ClNO5/c1-17-15-22-24(18(2)25(17)27)21(29)16-26(33-22)10-12-28(13-11-26)23(30)5-4-14-32-20-8-6-19(31-3)7-9-20/h6-9,15H,4-5,10-14,16H2,1-3H3. The van der Waals surface area contributed by atoms with Crippen LogP contribution in [0.5, 0.6) is 17.2 Å². The van der Waals surface area contributed by atoms with Crippen molar-refractivity contribution in [3.8, 4) is 17.2 Å². The first-order valence-electron chi connectivity index (χ1n) is 11.4. The SMILES string of the molecule is COc1ccc(OCCCC(=O)N2CCC3(CC2)CC(=O)c2c(cc(C)c(Cl)c2C)O3)cc1. The van der Waals surface area contributed by atoms with Crippen LogP contribution in [0.2, 0.25) is 5.02 Å². The molecule has 0 unspecified atom stereocenters. The summed E-state index contributed by atoms with van der Waals surface area (Å²) in [6, 6.07) is 9.26. The van der Waals surface area contributed by atoms with Gasteiger partial charge in [-0.05, 0) is 61.7 Å². The number of carbonyl (C=O) groups excluding carboxylic acids is 2. The number of ether oxygens (including phenoxy) is 3. The molecule has 2 heterocycles. The van der Waals surface area contributed by atoms with Crippen molar-refractivity contribution in [3.63, 3.8) is 0 Å². The summed E-state index contributed by atoms with van der Waals surface area (Å²) in [4.78, 5) is 27.5. The third kappa shape index (κ3) is 4.96. The first-order valence-corrected chi connectivity index (χ1v) is 11.8. The maximum absolute atomic E-state index is 12.9. The van der Waals surface area contributed by atoms with Crippen LogP contribution in [-0.4, -0.2) is 49.0 Å². The number of carbonyl (C=O) groups is 2. The second-order valence-corrected chi connectivity index (χ2v) is 9.28. The van der Waals surface area contributed by atoms with E-state index in [0.717, 1.165) is 22.6 Å². The highest BCUT2D eigenvalue weighted by atomic mass is 35.5. The lowest BCUT2D eigenvalue weighted by Gasteiger charge is -2.44. The average Bonchev–Trinajstić information content (AvgIpc) is 2.80. The van der Waals surface area contributed by atoms with Crippen LogP contribution in [0.4, 0.5) is 0 Å². The first-order chi connectivity index (χ1) is 15.8. The minimum absolute atomic E-state index is 0.0751. The van der Waals surface area contributed by atoms with E-state index in [-0.39, 0.29) is 11.7 Å². The Bertz CT molecular complexity index is 1040. The Kier molecular flexibility index (Phi) is 6.84. The van der Waals surface area contributed by atoms with E-state index < -0.39 is 5.60 Å². The zero-order valence-corrected chi connectivity index (χ0v) is 20.2. The fourth-order valence-corrected chi connectivity index (χ4v) is 4.83. The summed E-state index contributed by atoms with van der Waals surface area (Å²) in [5, 5.41) is 0.623. The van der Waals surface area contributed by atoms with Crippen LogP contribution in [-0.2, 0) is 4.79 Å². The van der Waals surface area contributed by atoms with Crippen LogP contribution in [0.25, 0.3) is 0 Å². The number of hydrogen-bond donors (Lipinski definition) is 0. The van der Waals surface area contributed by atoms with Gasteiger partial charge >= 0.3 is 0 Å². The van der Waals surface area contributed by atoms with Gasteiger partial charge in [-0.15, -0.1) is 0 Å². The highest BCUT2D eigenvalue weighted by molar-refractivity contribution is 6.32. The second kappa shape index (κ2) is 9.64. The Morgan fingerprint density at radius 1 is 1.15 bits per heavy atom. The zero-order chi connectivity index (χ0) is 23.6. The number of methoxy groups -OCH3 is 1. The molecule has 1 saturated heterocycles. The molecule has 0 N–H and O–H groups in total. The highest BCUT2D eigenvalue weighted by Gasteiger charge is 2.44. The van der Waals surface area contributed by atoms with Crippen molar-refractivity contribution in [2.24, 2.45) is 0 Å². The quantitative estimate of drug-likeness (QED) is 0.545. The molecule has 6 nitrogen and oxygen atoms in total. The number of fused-ring (bicyclic) bond motifs is 1. The molecule has 1 spiro atoms. The third-order valence-electron chi connectivity index (χ3n) is 6.62. The van der Waals surface area contributed by atoms with Crippen LogP contribution in [0.1, 0.15) is 53.6 Å². The van der Waals surface area contributed by atoms with Gasteiger partial charge in [0.25, 0.3) is 0 Å². The number of piperidine rings is 1. The van der Waals surface area contributed by atoms with Crippen molar-refractivity contribution >= 4 is 23.3 Å². The molecule has 0 atom stereocenters. The number of aryl methyl sites for hydroxylation is 1. The number of halogens is 1. The van der Waals surface area contributed by atoms with Crippen molar-refractivity contribution in [2.75, 3.05) is 26.8 Å². The van der Waals surface area contributed by atoms with Gasteiger partial charge in [-0.25, -0.2) is 0 Å². The molecule has 0 bridgehead atoms. The van der Waals surface area contributed by atoms with Crippen LogP contribution in [0.15, 0.2) is 30.3 Å². The number of hydrogen-bond acceptors (Lipinski definition) is 5. The molecule has 2 aliphatic rings.